The van der Waals surface area contributed by atoms with Gasteiger partial charge >= 0.3 is 0 Å². The van der Waals surface area contributed by atoms with E-state index >= 15 is 0 Å². The molecule has 0 radical (unpaired) electrons. The van der Waals surface area contributed by atoms with Crippen molar-refractivity contribution in [1.82, 2.24) is 10.5 Å². The minimum Gasteiger partial charge on any atom is -0.493 e. The second-order valence-corrected chi connectivity index (χ2v) is 6.14. The van der Waals surface area contributed by atoms with Gasteiger partial charge in [-0.15, -0.1) is 0 Å². The molecule has 5 nitrogen and oxygen atoms in total. The van der Waals surface area contributed by atoms with Crippen LogP contribution < -0.4 is 10.1 Å². The van der Waals surface area contributed by atoms with Crippen LogP contribution in [0.5, 0.6) is 5.75 Å². The lowest BCUT2D eigenvalue weighted by molar-refractivity contribution is 0.0930. The number of nitrogens with zero attached hydrogens (tertiary/aromatic N) is 1. The zero-order valence-corrected chi connectivity index (χ0v) is 13.6. The Hall–Kier alpha value is -3.08. The molecule has 2 heterocycles. The second kappa shape index (κ2) is 6.81. The molecular weight excluding hydrogens is 316 g/mol. The average molecular weight is 334 g/mol. The summed E-state index contributed by atoms with van der Waals surface area (Å²) in [7, 11) is 0. The number of hydrogen-bond acceptors (Lipinski definition) is 4. The van der Waals surface area contributed by atoms with Crippen molar-refractivity contribution < 1.29 is 14.1 Å². The number of para-hydroxylation sites is 1. The number of aromatic nitrogens is 1. The van der Waals surface area contributed by atoms with Gasteiger partial charge in [-0.05, 0) is 18.1 Å². The Morgan fingerprint density at radius 2 is 1.92 bits per heavy atom. The number of benzene rings is 2. The summed E-state index contributed by atoms with van der Waals surface area (Å²) in [5.74, 6) is 1.54. The van der Waals surface area contributed by atoms with E-state index in [1.54, 1.807) is 6.07 Å². The lowest BCUT2D eigenvalue weighted by atomic mass is 9.97. The maximum Gasteiger partial charge on any atom is 0.273 e. The highest BCUT2D eigenvalue weighted by atomic mass is 16.5. The van der Waals surface area contributed by atoms with Gasteiger partial charge in [0.15, 0.2) is 11.5 Å². The average Bonchev–Trinajstić information content (AvgIpc) is 3.17. The van der Waals surface area contributed by atoms with Crippen LogP contribution in [0.2, 0.25) is 0 Å². The Bertz CT molecular complexity index is 873. The van der Waals surface area contributed by atoms with E-state index in [-0.39, 0.29) is 17.5 Å². The maximum absolute atomic E-state index is 12.3. The fourth-order valence-corrected chi connectivity index (χ4v) is 2.97. The first kappa shape index (κ1) is 15.4. The first-order valence-corrected chi connectivity index (χ1v) is 8.30. The molecule has 25 heavy (non-hydrogen) atoms. The van der Waals surface area contributed by atoms with E-state index in [1.165, 1.54) is 5.56 Å². The van der Waals surface area contributed by atoms with Gasteiger partial charge in [0.2, 0.25) is 0 Å². The molecule has 2 aromatic carbocycles. The van der Waals surface area contributed by atoms with E-state index in [0.717, 1.165) is 17.7 Å². The molecule has 0 saturated carbocycles. The number of ether oxygens (including phenoxy) is 1. The van der Waals surface area contributed by atoms with E-state index < -0.39 is 0 Å². The Kier molecular flexibility index (Phi) is 4.21. The summed E-state index contributed by atoms with van der Waals surface area (Å²) in [6, 6.07) is 19.3. The molecule has 1 aliphatic heterocycles. The molecule has 1 N–H and O–H groups in total. The maximum atomic E-state index is 12.3. The number of carbonyl (C=O) groups excluding carboxylic acids is 1. The van der Waals surface area contributed by atoms with Crippen molar-refractivity contribution in [3.05, 3.63) is 71.9 Å². The Labute approximate surface area is 145 Å². The lowest BCUT2D eigenvalue weighted by Crippen LogP contribution is -2.34. The van der Waals surface area contributed by atoms with Gasteiger partial charge in [0.25, 0.3) is 5.91 Å². The second-order valence-electron chi connectivity index (χ2n) is 6.14. The van der Waals surface area contributed by atoms with E-state index in [0.29, 0.717) is 18.9 Å². The molecule has 1 atom stereocenters. The van der Waals surface area contributed by atoms with Crippen molar-refractivity contribution in [2.45, 2.75) is 6.42 Å². The zero-order chi connectivity index (χ0) is 17.1. The molecule has 1 unspecified atom stereocenters. The van der Waals surface area contributed by atoms with Crippen LogP contribution in [-0.4, -0.2) is 24.2 Å². The molecule has 3 aromatic rings. The highest BCUT2D eigenvalue weighted by Gasteiger charge is 2.21. The summed E-state index contributed by atoms with van der Waals surface area (Å²) in [6.45, 7) is 1.14. The SMILES string of the molecule is O=C(NCC1COc2ccccc2C1)c1cc(-c2ccccc2)on1. The molecule has 4 rings (SSSR count). The van der Waals surface area contributed by atoms with Gasteiger partial charge in [-0.25, -0.2) is 0 Å². The smallest absolute Gasteiger partial charge is 0.273 e. The van der Waals surface area contributed by atoms with Crippen molar-refractivity contribution in [1.29, 1.82) is 0 Å². The van der Waals surface area contributed by atoms with Gasteiger partial charge in [-0.1, -0.05) is 53.7 Å². The van der Waals surface area contributed by atoms with Gasteiger partial charge in [-0.2, -0.15) is 0 Å². The van der Waals surface area contributed by atoms with Crippen LogP contribution in [0.3, 0.4) is 0 Å². The topological polar surface area (TPSA) is 64.4 Å². The molecule has 5 heteroatoms. The van der Waals surface area contributed by atoms with Gasteiger partial charge < -0.3 is 14.6 Å². The largest absolute Gasteiger partial charge is 0.493 e. The molecule has 0 fully saturated rings. The number of rotatable bonds is 4. The summed E-state index contributed by atoms with van der Waals surface area (Å²) in [6.07, 6.45) is 0.893. The predicted molar refractivity (Wildman–Crippen MR) is 93.4 cm³/mol. The summed E-state index contributed by atoms with van der Waals surface area (Å²) in [4.78, 5) is 12.3. The minimum atomic E-state index is -0.232. The molecule has 126 valence electrons. The van der Waals surface area contributed by atoms with E-state index in [2.05, 4.69) is 16.5 Å². The van der Waals surface area contributed by atoms with E-state index in [1.807, 2.05) is 48.5 Å². The fourth-order valence-electron chi connectivity index (χ4n) is 2.97. The predicted octanol–water partition coefficient (Wildman–Crippen LogP) is 3.32. The van der Waals surface area contributed by atoms with Crippen LogP contribution in [0, 0.1) is 5.92 Å². The third-order valence-electron chi connectivity index (χ3n) is 4.31. The molecule has 1 aromatic heterocycles. The number of carbonyl (C=O) groups is 1. The van der Waals surface area contributed by atoms with Crippen molar-refractivity contribution in [2.75, 3.05) is 13.2 Å². The number of nitrogens with one attached hydrogen (secondary N) is 1. The normalized spacial score (nSPS) is 15.9. The first-order chi connectivity index (χ1) is 12.3. The van der Waals surface area contributed by atoms with Crippen molar-refractivity contribution in [2.24, 2.45) is 5.92 Å². The Balaban J connectivity index is 1.36. The van der Waals surface area contributed by atoms with Crippen LogP contribution in [0.15, 0.2) is 65.2 Å². The summed E-state index contributed by atoms with van der Waals surface area (Å²) >= 11 is 0. The molecule has 1 amide bonds. The summed E-state index contributed by atoms with van der Waals surface area (Å²) in [5.41, 5.74) is 2.36. The van der Waals surface area contributed by atoms with E-state index in [9.17, 15) is 4.79 Å². The lowest BCUT2D eigenvalue weighted by Gasteiger charge is -2.25. The standard InChI is InChI=1S/C20H18N2O3/c23-20(17-11-19(25-22-17)15-6-2-1-3-7-15)21-12-14-10-16-8-4-5-9-18(16)24-13-14/h1-9,11,14H,10,12-13H2,(H,21,23). The van der Waals surface area contributed by atoms with Crippen molar-refractivity contribution >= 4 is 5.91 Å². The number of fused-ring (bicyclic) bond motifs is 1. The first-order valence-electron chi connectivity index (χ1n) is 8.30. The van der Waals surface area contributed by atoms with Crippen LogP contribution in [0.25, 0.3) is 11.3 Å². The van der Waals surface area contributed by atoms with Crippen LogP contribution >= 0.6 is 0 Å². The molecule has 0 aliphatic carbocycles. The molecule has 0 bridgehead atoms. The Morgan fingerprint density at radius 3 is 2.80 bits per heavy atom. The van der Waals surface area contributed by atoms with Gasteiger partial charge in [0.05, 0.1) is 6.61 Å². The monoisotopic (exact) mass is 334 g/mol. The van der Waals surface area contributed by atoms with Gasteiger partial charge in [0, 0.05) is 24.1 Å². The molecule has 0 saturated heterocycles. The number of amides is 1. The van der Waals surface area contributed by atoms with Crippen molar-refractivity contribution in [3.63, 3.8) is 0 Å². The van der Waals surface area contributed by atoms with Crippen LogP contribution in [-0.2, 0) is 6.42 Å². The molecule has 1 aliphatic rings. The highest BCUT2D eigenvalue weighted by Crippen LogP contribution is 2.26. The van der Waals surface area contributed by atoms with Gasteiger partial charge in [0.1, 0.15) is 5.75 Å². The van der Waals surface area contributed by atoms with Gasteiger partial charge in [-0.3, -0.25) is 4.79 Å². The summed E-state index contributed by atoms with van der Waals surface area (Å²) < 4.78 is 11.0. The third-order valence-corrected chi connectivity index (χ3v) is 4.31. The molecular formula is C20H18N2O3. The third kappa shape index (κ3) is 3.40. The fraction of sp³-hybridized carbons (Fsp3) is 0.200. The minimum absolute atomic E-state index is 0.232. The zero-order valence-electron chi connectivity index (χ0n) is 13.6. The van der Waals surface area contributed by atoms with Crippen LogP contribution in [0.1, 0.15) is 16.1 Å². The quantitative estimate of drug-likeness (QED) is 0.795. The van der Waals surface area contributed by atoms with Crippen molar-refractivity contribution in [3.8, 4) is 17.1 Å². The number of hydrogen-bond donors (Lipinski definition) is 1. The highest BCUT2D eigenvalue weighted by molar-refractivity contribution is 5.93. The molecule has 0 spiro atoms. The van der Waals surface area contributed by atoms with Crippen LogP contribution in [0.4, 0.5) is 0 Å². The Morgan fingerprint density at radius 1 is 1.12 bits per heavy atom. The van der Waals surface area contributed by atoms with E-state index in [4.69, 9.17) is 9.26 Å². The summed E-state index contributed by atoms with van der Waals surface area (Å²) in [5, 5.41) is 6.80.